The van der Waals surface area contributed by atoms with E-state index in [1.54, 1.807) is 0 Å². The zero-order valence-electron chi connectivity index (χ0n) is 21.5. The summed E-state index contributed by atoms with van der Waals surface area (Å²) in [7, 11) is -6.79. The van der Waals surface area contributed by atoms with Gasteiger partial charge in [-0.05, 0) is 67.0 Å². The molecule has 0 spiro atoms. The minimum absolute atomic E-state index is 0.0605. The van der Waals surface area contributed by atoms with E-state index in [1.807, 2.05) is 0 Å². The van der Waals surface area contributed by atoms with Gasteiger partial charge in [0.1, 0.15) is 16.2 Å². The molecule has 14 heteroatoms. The topological polar surface area (TPSA) is 136 Å². The monoisotopic (exact) mass is 592 g/mol. The van der Waals surface area contributed by atoms with Crippen molar-refractivity contribution in [2.45, 2.75) is 36.7 Å². The second-order valence-corrected chi connectivity index (χ2v) is 14.3. The molecule has 10 nitrogen and oxygen atoms in total. The van der Waals surface area contributed by atoms with Crippen LogP contribution in [0.25, 0.3) is 0 Å². The highest BCUT2D eigenvalue weighted by Crippen LogP contribution is 2.55. The molecule has 1 amide bonds. The van der Waals surface area contributed by atoms with Crippen LogP contribution in [0.5, 0.6) is 0 Å². The maximum absolute atomic E-state index is 14.0. The summed E-state index contributed by atoms with van der Waals surface area (Å²) in [4.78, 5) is 15.2. The maximum Gasteiger partial charge on any atom is 0.286 e. The molecule has 2 heterocycles. The van der Waals surface area contributed by atoms with Gasteiger partial charge < -0.3 is 15.3 Å². The van der Waals surface area contributed by atoms with Crippen LogP contribution in [-0.2, 0) is 31.4 Å². The van der Waals surface area contributed by atoms with Crippen molar-refractivity contribution in [2.24, 2.45) is 22.2 Å². The lowest BCUT2D eigenvalue weighted by atomic mass is 9.77. The van der Waals surface area contributed by atoms with Gasteiger partial charge in [0, 0.05) is 25.6 Å². The molecule has 2 N–H and O–H groups in total. The fourth-order valence-electron chi connectivity index (χ4n) is 6.53. The molecule has 4 atom stereocenters. The van der Waals surface area contributed by atoms with Gasteiger partial charge in [0.25, 0.3) is 15.9 Å². The Balaban J connectivity index is 1.41. The Kier molecular flexibility index (Phi) is 6.00. The average Bonchev–Trinajstić information content (AvgIpc) is 3.50. The first kappa shape index (κ1) is 26.7. The Bertz CT molecular complexity index is 1740. The lowest BCUT2D eigenvalue weighted by Crippen LogP contribution is -2.53. The zero-order valence-corrected chi connectivity index (χ0v) is 23.1. The number of benzene rings is 2. The van der Waals surface area contributed by atoms with Crippen molar-refractivity contribution in [3.63, 3.8) is 0 Å². The first-order valence-electron chi connectivity index (χ1n) is 12.6. The third-order valence-electron chi connectivity index (χ3n) is 8.42. The molecule has 0 radical (unpaired) electrons. The van der Waals surface area contributed by atoms with Crippen molar-refractivity contribution < 1.29 is 35.5 Å². The first-order chi connectivity index (χ1) is 18.8. The molecule has 2 aliphatic carbocycles. The number of sulfonamides is 2. The highest BCUT2D eigenvalue weighted by Gasteiger charge is 2.57. The Labute approximate surface area is 230 Å². The highest BCUT2D eigenvalue weighted by molar-refractivity contribution is 7.92. The Morgan fingerprint density at radius 3 is 2.55 bits per heavy atom. The predicted molar refractivity (Wildman–Crippen MR) is 143 cm³/mol. The van der Waals surface area contributed by atoms with E-state index in [9.17, 15) is 35.5 Å². The molecule has 2 fully saturated rings. The molecule has 212 valence electrons. The number of rotatable bonds is 5. The van der Waals surface area contributed by atoms with Crippen LogP contribution in [-0.4, -0.2) is 57.9 Å². The summed E-state index contributed by atoms with van der Waals surface area (Å²) in [5.41, 5.74) is 0.228. The quantitative estimate of drug-likeness (QED) is 0.544. The van der Waals surface area contributed by atoms with E-state index in [4.69, 9.17) is 0 Å². The molecular weight excluding hydrogens is 566 g/mol. The molecule has 2 unspecified atom stereocenters. The smallest absolute Gasteiger partial charge is 0.286 e. The van der Waals surface area contributed by atoms with Gasteiger partial charge >= 0.3 is 0 Å². The van der Waals surface area contributed by atoms with Gasteiger partial charge in [0.05, 0.1) is 17.6 Å². The number of carbonyl (C=O) groups excluding carboxylic acids is 1. The summed E-state index contributed by atoms with van der Waals surface area (Å²) in [6.07, 6.45) is 3.47. The highest BCUT2D eigenvalue weighted by atomic mass is 32.2. The van der Waals surface area contributed by atoms with Crippen molar-refractivity contribution in [1.29, 1.82) is 0 Å². The van der Waals surface area contributed by atoms with Gasteiger partial charge in [-0.1, -0.05) is 6.07 Å². The van der Waals surface area contributed by atoms with Gasteiger partial charge in [0.15, 0.2) is 17.5 Å². The lowest BCUT2D eigenvalue weighted by Gasteiger charge is -2.44. The van der Waals surface area contributed by atoms with Crippen molar-refractivity contribution >= 4 is 43.2 Å². The number of hydrogen-bond acceptors (Lipinski definition) is 7. The van der Waals surface area contributed by atoms with Gasteiger partial charge in [-0.25, -0.2) is 17.2 Å². The third-order valence-corrected chi connectivity index (χ3v) is 10.9. The van der Waals surface area contributed by atoms with E-state index in [0.29, 0.717) is 5.56 Å². The second kappa shape index (κ2) is 8.99. The van der Waals surface area contributed by atoms with Crippen LogP contribution in [0.15, 0.2) is 57.0 Å². The molecule has 2 bridgehead atoms. The maximum atomic E-state index is 14.0. The Hall–Kier alpha value is -3.52. The number of fused-ring (bicyclic) bond motifs is 6. The summed E-state index contributed by atoms with van der Waals surface area (Å²) in [6, 6.07) is 6.95. The van der Waals surface area contributed by atoms with Crippen molar-refractivity contribution in [3.05, 3.63) is 64.9 Å². The largest absolute Gasteiger partial charge is 0.511 e. The molecule has 2 aliphatic heterocycles. The molecule has 2 aromatic rings. The minimum atomic E-state index is -4.41. The fourth-order valence-corrected chi connectivity index (χ4v) is 8.17. The molecule has 2 aromatic carbocycles. The molecule has 0 aromatic heterocycles. The molecule has 40 heavy (non-hydrogen) atoms. The van der Waals surface area contributed by atoms with E-state index < -0.39 is 43.5 Å². The van der Waals surface area contributed by atoms with Crippen LogP contribution in [0.4, 0.5) is 20.2 Å². The lowest BCUT2D eigenvalue weighted by molar-refractivity contribution is -0.134. The second-order valence-electron chi connectivity index (χ2n) is 10.7. The number of nitrogens with zero attached hydrogens (tertiary/aromatic N) is 3. The normalized spacial score (nSPS) is 26.8. The van der Waals surface area contributed by atoms with Crippen molar-refractivity contribution in [3.8, 4) is 0 Å². The minimum Gasteiger partial charge on any atom is -0.511 e. The molecule has 6 rings (SSSR count). The van der Waals surface area contributed by atoms with E-state index >= 15 is 0 Å². The average molecular weight is 593 g/mol. The van der Waals surface area contributed by atoms with Crippen LogP contribution in [0, 0.1) is 29.4 Å². The van der Waals surface area contributed by atoms with Crippen LogP contribution in [0.2, 0.25) is 0 Å². The van der Waals surface area contributed by atoms with Gasteiger partial charge in [-0.3, -0.25) is 9.10 Å². The number of halogens is 2. The number of anilines is 2. The van der Waals surface area contributed by atoms with Crippen molar-refractivity contribution in [1.82, 2.24) is 4.90 Å². The number of carbonyl (C=O) groups is 1. The van der Waals surface area contributed by atoms with E-state index in [1.165, 1.54) is 30.1 Å². The van der Waals surface area contributed by atoms with Gasteiger partial charge in [-0.2, -0.15) is 8.42 Å². The first-order valence-corrected chi connectivity index (χ1v) is 15.9. The number of amidine groups is 1. The predicted octanol–water partition coefficient (Wildman–Crippen LogP) is 3.14. The summed E-state index contributed by atoms with van der Waals surface area (Å²) in [5.74, 6) is -3.58. The third kappa shape index (κ3) is 4.15. The Morgan fingerprint density at radius 2 is 1.85 bits per heavy atom. The summed E-state index contributed by atoms with van der Waals surface area (Å²) < 4.78 is 82.7. The van der Waals surface area contributed by atoms with Gasteiger partial charge in [0.2, 0.25) is 10.0 Å². The number of amides is 1. The molecule has 2 saturated carbocycles. The van der Waals surface area contributed by atoms with Gasteiger partial charge in [-0.15, -0.1) is 4.40 Å². The van der Waals surface area contributed by atoms with E-state index in [2.05, 4.69) is 9.71 Å². The zero-order chi connectivity index (χ0) is 28.7. The fraction of sp³-hybridized carbons (Fsp3) is 0.385. The Morgan fingerprint density at radius 1 is 1.12 bits per heavy atom. The SMILES string of the molecule is CN(c1ccc2c(c1)S(=O)(=O)N=C(C1=C(O)C3C([C@H]4CC[C@@H]3C4)N(Cc3ccc(F)c(F)c3)C1=O)N2)S(C)(=O)=O. The number of hydrogen-bond donors (Lipinski definition) is 2. The number of nitrogens with one attached hydrogen (secondary N) is 1. The van der Waals surface area contributed by atoms with Crippen LogP contribution >= 0.6 is 0 Å². The summed E-state index contributed by atoms with van der Waals surface area (Å²) in [6.45, 7) is -0.0605. The molecular formula is C26H26F2N4O6S2. The van der Waals surface area contributed by atoms with Crippen LogP contribution in [0.1, 0.15) is 24.8 Å². The molecule has 0 saturated heterocycles. The van der Waals surface area contributed by atoms with E-state index in [0.717, 1.165) is 48.0 Å². The van der Waals surface area contributed by atoms with Crippen LogP contribution < -0.4 is 9.62 Å². The summed E-state index contributed by atoms with van der Waals surface area (Å²) >= 11 is 0. The van der Waals surface area contributed by atoms with Crippen molar-refractivity contribution in [2.75, 3.05) is 22.9 Å². The standard InChI is InChI=1S/C26H26F2N4O6S2/c1-31(39(2,35)36)16-6-8-19-20(11-16)40(37,38)30-25(29-19)22-24(33)21-14-4-5-15(10-14)23(21)32(26(22)34)12-13-3-7-17(27)18(28)9-13/h3,6-9,11,14-15,21,23,33H,4-5,10,12H2,1-2H3,(H,29,30)/t14-,15+,21?,23?/m1/s1. The van der Waals surface area contributed by atoms with Crippen LogP contribution in [0.3, 0.4) is 0 Å². The summed E-state index contributed by atoms with van der Waals surface area (Å²) in [5, 5.41) is 14.2. The number of aliphatic hydroxyl groups excluding tert-OH is 1. The van der Waals surface area contributed by atoms with E-state index in [-0.39, 0.29) is 57.9 Å². The number of aliphatic hydroxyl groups is 1. The molecule has 4 aliphatic rings.